The molecule has 0 bridgehead atoms. The van der Waals surface area contributed by atoms with E-state index < -0.39 is 0 Å². The van der Waals surface area contributed by atoms with Gasteiger partial charge in [-0.2, -0.15) is 0 Å². The summed E-state index contributed by atoms with van der Waals surface area (Å²) in [7, 11) is 3.82. The minimum absolute atomic E-state index is 0.197. The van der Waals surface area contributed by atoms with Gasteiger partial charge >= 0.3 is 0 Å². The maximum absolute atomic E-state index is 14.0. The van der Waals surface area contributed by atoms with Crippen molar-refractivity contribution in [2.24, 2.45) is 0 Å². The summed E-state index contributed by atoms with van der Waals surface area (Å²) in [5.41, 5.74) is 2.10. The zero-order valence-electron chi connectivity index (χ0n) is 12.4. The molecule has 0 saturated carbocycles. The summed E-state index contributed by atoms with van der Waals surface area (Å²) in [6, 6.07) is 8.80. The lowest BCUT2D eigenvalue weighted by Crippen LogP contribution is -2.12. The molecule has 0 aliphatic rings. The smallest absolute Gasteiger partial charge is 0.200 e. The molecule has 0 radical (unpaired) electrons. The minimum Gasteiger partial charge on any atom is -0.365 e. The molecule has 7 nitrogen and oxygen atoms in total. The molecule has 0 atom stereocenters. The van der Waals surface area contributed by atoms with E-state index >= 15 is 0 Å². The maximum atomic E-state index is 14.0. The largest absolute Gasteiger partial charge is 0.365 e. The van der Waals surface area contributed by atoms with Crippen molar-refractivity contribution < 1.29 is 4.39 Å². The van der Waals surface area contributed by atoms with E-state index in [9.17, 15) is 4.39 Å². The number of nitrogens with one attached hydrogen (secondary N) is 1. The Bertz CT molecular complexity index is 784. The molecule has 0 spiro atoms. The highest BCUT2D eigenvalue weighted by atomic mass is 19.1. The number of halogens is 1. The van der Waals surface area contributed by atoms with Gasteiger partial charge in [0.25, 0.3) is 0 Å². The molecule has 2 heterocycles. The number of hydrogen-bond acceptors (Lipinski definition) is 6. The Morgan fingerprint density at radius 1 is 1.23 bits per heavy atom. The molecule has 22 heavy (non-hydrogen) atoms. The van der Waals surface area contributed by atoms with Gasteiger partial charge in [0.1, 0.15) is 11.6 Å². The third kappa shape index (κ3) is 3.17. The highest BCUT2D eigenvalue weighted by Gasteiger charge is 2.06. The van der Waals surface area contributed by atoms with Crippen LogP contribution in [0.4, 0.5) is 10.2 Å². The van der Waals surface area contributed by atoms with Gasteiger partial charge in [-0.25, -0.2) is 4.39 Å². The van der Waals surface area contributed by atoms with Gasteiger partial charge in [-0.1, -0.05) is 12.1 Å². The Balaban J connectivity index is 1.69. The Morgan fingerprint density at radius 3 is 2.86 bits per heavy atom. The van der Waals surface area contributed by atoms with E-state index in [4.69, 9.17) is 0 Å². The molecule has 1 N–H and O–H groups in total. The first-order valence-electron chi connectivity index (χ1n) is 6.83. The van der Waals surface area contributed by atoms with Crippen LogP contribution in [0.25, 0.3) is 5.65 Å². The summed E-state index contributed by atoms with van der Waals surface area (Å²) in [6.45, 7) is 1.05. The van der Waals surface area contributed by atoms with Gasteiger partial charge in [0.15, 0.2) is 5.65 Å². The van der Waals surface area contributed by atoms with Crippen molar-refractivity contribution in [2.75, 3.05) is 19.4 Å². The van der Waals surface area contributed by atoms with Crippen LogP contribution < -0.4 is 5.32 Å². The Hall–Kier alpha value is -2.61. The van der Waals surface area contributed by atoms with Crippen molar-refractivity contribution in [2.45, 2.75) is 13.1 Å². The molecule has 3 aromatic rings. The van der Waals surface area contributed by atoms with Gasteiger partial charge in [-0.3, -0.25) is 0 Å². The first-order valence-corrected chi connectivity index (χ1v) is 6.83. The second-order valence-electron chi connectivity index (χ2n) is 5.26. The molecular formula is C14H16FN7. The summed E-state index contributed by atoms with van der Waals surface area (Å²) in [6.07, 6.45) is 0. The normalized spacial score (nSPS) is 11.3. The lowest BCUT2D eigenvalue weighted by Gasteiger charge is -2.12. The molecule has 8 heteroatoms. The number of benzene rings is 1. The molecule has 0 saturated heterocycles. The lowest BCUT2D eigenvalue weighted by molar-refractivity contribution is 0.392. The standard InChI is InChI=1S/C14H16FN7/c1-21(2)9-11-4-3-10(7-12(11)15)8-16-13-5-6-14-17-19-20-22(14)18-13/h3-7H,8-9H2,1-2H3,(H,16,18). The lowest BCUT2D eigenvalue weighted by atomic mass is 10.1. The molecule has 0 aliphatic carbocycles. The number of anilines is 1. The highest BCUT2D eigenvalue weighted by Crippen LogP contribution is 2.13. The second kappa shape index (κ2) is 6.02. The number of fused-ring (bicyclic) bond motifs is 1. The van der Waals surface area contributed by atoms with Gasteiger partial charge in [-0.15, -0.1) is 14.8 Å². The summed E-state index contributed by atoms with van der Waals surface area (Å²) in [5.74, 6) is 0.425. The van der Waals surface area contributed by atoms with Crippen LogP contribution in [-0.4, -0.2) is 44.2 Å². The first kappa shape index (κ1) is 14.3. The zero-order chi connectivity index (χ0) is 15.5. The summed E-state index contributed by atoms with van der Waals surface area (Å²) in [4.78, 5) is 1.93. The number of aromatic nitrogens is 5. The number of tetrazole rings is 1. The van der Waals surface area contributed by atoms with Crippen LogP contribution in [0.5, 0.6) is 0 Å². The molecule has 0 fully saturated rings. The van der Waals surface area contributed by atoms with Crippen LogP contribution in [0, 0.1) is 5.82 Å². The van der Waals surface area contributed by atoms with Crippen LogP contribution in [0.3, 0.4) is 0 Å². The molecule has 3 rings (SSSR count). The molecule has 2 aromatic heterocycles. The third-order valence-electron chi connectivity index (χ3n) is 3.15. The van der Waals surface area contributed by atoms with Gasteiger partial charge < -0.3 is 10.2 Å². The van der Waals surface area contributed by atoms with Gasteiger partial charge in [-0.05, 0) is 48.3 Å². The number of nitrogens with zero attached hydrogens (tertiary/aromatic N) is 6. The first-order chi connectivity index (χ1) is 10.6. The summed E-state index contributed by atoms with van der Waals surface area (Å²) >= 11 is 0. The molecular weight excluding hydrogens is 285 g/mol. The van der Waals surface area contributed by atoms with Crippen molar-refractivity contribution in [3.8, 4) is 0 Å². The fourth-order valence-corrected chi connectivity index (χ4v) is 2.11. The van der Waals surface area contributed by atoms with Crippen molar-refractivity contribution >= 4 is 11.5 Å². The Labute approximate surface area is 126 Å². The molecule has 114 valence electrons. The van der Waals surface area contributed by atoms with E-state index in [-0.39, 0.29) is 5.82 Å². The average Bonchev–Trinajstić information content (AvgIpc) is 2.95. The predicted molar refractivity (Wildman–Crippen MR) is 79.7 cm³/mol. The number of rotatable bonds is 5. The Morgan fingerprint density at radius 2 is 2.09 bits per heavy atom. The molecule has 0 unspecified atom stereocenters. The van der Waals surface area contributed by atoms with Crippen LogP contribution in [0.2, 0.25) is 0 Å². The Kier molecular flexibility index (Phi) is 3.92. The summed E-state index contributed by atoms with van der Waals surface area (Å²) in [5, 5.41) is 18.4. The van der Waals surface area contributed by atoms with Crippen LogP contribution in [0.1, 0.15) is 11.1 Å². The van der Waals surface area contributed by atoms with Crippen molar-refractivity contribution in [3.05, 3.63) is 47.3 Å². The van der Waals surface area contributed by atoms with E-state index in [1.807, 2.05) is 31.1 Å². The molecule has 1 aromatic carbocycles. The average molecular weight is 301 g/mol. The van der Waals surface area contributed by atoms with Crippen LogP contribution >= 0.6 is 0 Å². The third-order valence-corrected chi connectivity index (χ3v) is 3.15. The quantitative estimate of drug-likeness (QED) is 0.766. The van der Waals surface area contributed by atoms with E-state index in [0.29, 0.717) is 30.1 Å². The fraction of sp³-hybridized carbons (Fsp3) is 0.286. The predicted octanol–water partition coefficient (Wildman–Crippen LogP) is 1.33. The van der Waals surface area contributed by atoms with E-state index in [0.717, 1.165) is 5.56 Å². The zero-order valence-corrected chi connectivity index (χ0v) is 12.4. The highest BCUT2D eigenvalue weighted by molar-refractivity contribution is 5.42. The molecule has 0 aliphatic heterocycles. The van der Waals surface area contributed by atoms with Crippen molar-refractivity contribution in [1.82, 2.24) is 30.2 Å². The van der Waals surface area contributed by atoms with E-state index in [1.165, 1.54) is 4.63 Å². The fourth-order valence-electron chi connectivity index (χ4n) is 2.11. The second-order valence-corrected chi connectivity index (χ2v) is 5.26. The minimum atomic E-state index is -0.197. The van der Waals surface area contributed by atoms with Crippen LogP contribution in [0.15, 0.2) is 30.3 Å². The number of hydrogen-bond donors (Lipinski definition) is 1. The summed E-state index contributed by atoms with van der Waals surface area (Å²) < 4.78 is 15.3. The maximum Gasteiger partial charge on any atom is 0.200 e. The van der Waals surface area contributed by atoms with Crippen molar-refractivity contribution in [3.63, 3.8) is 0 Å². The van der Waals surface area contributed by atoms with Crippen molar-refractivity contribution in [1.29, 1.82) is 0 Å². The topological polar surface area (TPSA) is 71.2 Å². The van der Waals surface area contributed by atoms with Gasteiger partial charge in [0.2, 0.25) is 0 Å². The van der Waals surface area contributed by atoms with Gasteiger partial charge in [0, 0.05) is 18.7 Å². The monoisotopic (exact) mass is 301 g/mol. The van der Waals surface area contributed by atoms with E-state index in [2.05, 4.69) is 25.9 Å². The molecule has 0 amide bonds. The van der Waals surface area contributed by atoms with Gasteiger partial charge in [0.05, 0.1) is 0 Å². The SMILES string of the molecule is CN(C)Cc1ccc(CNc2ccc3nnnn3n2)cc1F. The van der Waals surface area contributed by atoms with E-state index in [1.54, 1.807) is 18.2 Å². The van der Waals surface area contributed by atoms with Crippen LogP contribution in [-0.2, 0) is 13.1 Å².